The van der Waals surface area contributed by atoms with Crippen LogP contribution in [0.25, 0.3) is 0 Å². The van der Waals surface area contributed by atoms with Gasteiger partial charge in [-0.2, -0.15) is 0 Å². The lowest BCUT2D eigenvalue weighted by atomic mass is 9.68. The van der Waals surface area contributed by atoms with Crippen LogP contribution in [0.3, 0.4) is 0 Å². The third-order valence-electron chi connectivity index (χ3n) is 6.57. The summed E-state index contributed by atoms with van der Waals surface area (Å²) in [7, 11) is 0. The van der Waals surface area contributed by atoms with Gasteiger partial charge in [-0.25, -0.2) is 0 Å². The first-order valence-electron chi connectivity index (χ1n) is 8.72. The lowest BCUT2D eigenvalue weighted by molar-refractivity contribution is 0.100. The molecule has 1 aromatic carbocycles. The van der Waals surface area contributed by atoms with Crippen molar-refractivity contribution in [3.63, 3.8) is 0 Å². The summed E-state index contributed by atoms with van der Waals surface area (Å²) in [5.41, 5.74) is 3.80. The summed E-state index contributed by atoms with van der Waals surface area (Å²) in [4.78, 5) is 0. The zero-order valence-electron chi connectivity index (χ0n) is 14.4. The molecule has 2 fully saturated rings. The molecule has 4 atom stereocenters. The van der Waals surface area contributed by atoms with Crippen LogP contribution in [0.4, 0.5) is 0 Å². The second-order valence-corrected chi connectivity index (χ2v) is 8.33. The SMILES string of the molecule is CCc1ccc(C(C)NC2C(C)(C)[C@H]3CC[C@]2(C)C3)cc1. The molecular weight excluding hydrogens is 254 g/mol. The summed E-state index contributed by atoms with van der Waals surface area (Å²) >= 11 is 0. The van der Waals surface area contributed by atoms with Crippen molar-refractivity contribution in [3.8, 4) is 0 Å². The van der Waals surface area contributed by atoms with Crippen LogP contribution in [-0.2, 0) is 6.42 Å². The van der Waals surface area contributed by atoms with Gasteiger partial charge in [0.2, 0.25) is 0 Å². The minimum Gasteiger partial charge on any atom is -0.306 e. The van der Waals surface area contributed by atoms with Crippen molar-refractivity contribution in [1.82, 2.24) is 5.32 Å². The molecule has 2 unspecified atom stereocenters. The molecule has 2 saturated carbocycles. The van der Waals surface area contributed by atoms with Gasteiger partial charge in [-0.05, 0) is 60.5 Å². The number of aryl methyl sites for hydroxylation is 1. The smallest absolute Gasteiger partial charge is 0.0294 e. The summed E-state index contributed by atoms with van der Waals surface area (Å²) in [6.45, 7) is 12.0. The van der Waals surface area contributed by atoms with E-state index in [1.807, 2.05) is 0 Å². The highest BCUT2D eigenvalue weighted by molar-refractivity contribution is 5.25. The first-order valence-corrected chi connectivity index (χ1v) is 8.72. The fourth-order valence-electron chi connectivity index (χ4n) is 5.11. The average Bonchev–Trinajstić information content (AvgIpc) is 2.94. The number of benzene rings is 1. The molecule has 2 aliphatic carbocycles. The molecular formula is C20H31N. The molecule has 0 heterocycles. The van der Waals surface area contributed by atoms with E-state index in [0.29, 0.717) is 22.9 Å². The summed E-state index contributed by atoms with van der Waals surface area (Å²) < 4.78 is 0. The van der Waals surface area contributed by atoms with Crippen molar-refractivity contribution < 1.29 is 0 Å². The van der Waals surface area contributed by atoms with E-state index in [9.17, 15) is 0 Å². The number of fused-ring (bicyclic) bond motifs is 2. The van der Waals surface area contributed by atoms with Crippen molar-refractivity contribution in [2.45, 2.75) is 72.4 Å². The van der Waals surface area contributed by atoms with Crippen molar-refractivity contribution in [1.29, 1.82) is 0 Å². The fraction of sp³-hybridized carbons (Fsp3) is 0.700. The Morgan fingerprint density at radius 2 is 1.86 bits per heavy atom. The number of hydrogen-bond acceptors (Lipinski definition) is 1. The Kier molecular flexibility index (Phi) is 3.68. The molecule has 0 aromatic heterocycles. The lowest BCUT2D eigenvalue weighted by Gasteiger charge is -2.44. The standard InChI is InChI=1S/C20H31N/c1-6-15-7-9-16(10-8-15)14(2)21-18-19(3,4)17-11-12-20(18,5)13-17/h7-10,14,17-18,21H,6,11-13H2,1-5H3/t14?,17-,18?,20+/m0/s1. The van der Waals surface area contributed by atoms with Gasteiger partial charge < -0.3 is 5.32 Å². The van der Waals surface area contributed by atoms with Crippen LogP contribution in [0.2, 0.25) is 0 Å². The van der Waals surface area contributed by atoms with E-state index in [1.54, 1.807) is 0 Å². The molecule has 2 aliphatic rings. The molecule has 1 heteroatoms. The van der Waals surface area contributed by atoms with Crippen molar-refractivity contribution >= 4 is 0 Å². The Balaban J connectivity index is 1.76. The van der Waals surface area contributed by atoms with Crippen molar-refractivity contribution in [2.24, 2.45) is 16.7 Å². The van der Waals surface area contributed by atoms with Gasteiger partial charge in [-0.1, -0.05) is 52.0 Å². The minimum atomic E-state index is 0.435. The molecule has 1 aromatic rings. The minimum absolute atomic E-state index is 0.435. The van der Waals surface area contributed by atoms with Crippen LogP contribution in [0, 0.1) is 16.7 Å². The topological polar surface area (TPSA) is 12.0 Å². The van der Waals surface area contributed by atoms with Gasteiger partial charge in [0.15, 0.2) is 0 Å². The van der Waals surface area contributed by atoms with Gasteiger partial charge in [0.1, 0.15) is 0 Å². The van der Waals surface area contributed by atoms with Gasteiger partial charge in [0.25, 0.3) is 0 Å². The van der Waals surface area contributed by atoms with Crippen molar-refractivity contribution in [2.75, 3.05) is 0 Å². The van der Waals surface area contributed by atoms with Gasteiger partial charge in [-0.3, -0.25) is 0 Å². The summed E-state index contributed by atoms with van der Waals surface area (Å²) in [5.74, 6) is 0.912. The largest absolute Gasteiger partial charge is 0.306 e. The molecule has 21 heavy (non-hydrogen) atoms. The first-order chi connectivity index (χ1) is 9.87. The summed E-state index contributed by atoms with van der Waals surface area (Å²) in [6.07, 6.45) is 5.37. The summed E-state index contributed by atoms with van der Waals surface area (Å²) in [6, 6.07) is 10.3. The zero-order valence-corrected chi connectivity index (χ0v) is 14.4. The molecule has 1 N–H and O–H groups in total. The van der Waals surface area contributed by atoms with Crippen LogP contribution in [0.15, 0.2) is 24.3 Å². The van der Waals surface area contributed by atoms with Crippen LogP contribution in [-0.4, -0.2) is 6.04 Å². The van der Waals surface area contributed by atoms with E-state index in [2.05, 4.69) is 64.2 Å². The highest BCUT2D eigenvalue weighted by atomic mass is 15.0. The molecule has 0 aliphatic heterocycles. The summed E-state index contributed by atoms with van der Waals surface area (Å²) in [5, 5.41) is 3.99. The van der Waals surface area contributed by atoms with E-state index >= 15 is 0 Å². The van der Waals surface area contributed by atoms with E-state index in [0.717, 1.165) is 12.3 Å². The van der Waals surface area contributed by atoms with Crippen LogP contribution >= 0.6 is 0 Å². The maximum atomic E-state index is 3.99. The first kappa shape index (κ1) is 15.1. The molecule has 2 bridgehead atoms. The van der Waals surface area contributed by atoms with E-state index in [-0.39, 0.29) is 0 Å². The lowest BCUT2D eigenvalue weighted by Crippen LogP contribution is -2.50. The maximum absolute atomic E-state index is 3.99. The molecule has 0 spiro atoms. The van der Waals surface area contributed by atoms with Gasteiger partial charge in [-0.15, -0.1) is 0 Å². The highest BCUT2D eigenvalue weighted by Crippen LogP contribution is 2.62. The molecule has 3 rings (SSSR count). The van der Waals surface area contributed by atoms with Gasteiger partial charge in [0.05, 0.1) is 0 Å². The normalized spacial score (nSPS) is 35.1. The number of nitrogens with one attached hydrogen (secondary N) is 1. The fourth-order valence-corrected chi connectivity index (χ4v) is 5.11. The van der Waals surface area contributed by atoms with Crippen LogP contribution in [0.1, 0.15) is 71.0 Å². The number of rotatable bonds is 4. The molecule has 0 radical (unpaired) electrons. The third kappa shape index (κ3) is 2.44. The predicted molar refractivity (Wildman–Crippen MR) is 90.4 cm³/mol. The Hall–Kier alpha value is -0.820. The van der Waals surface area contributed by atoms with Gasteiger partial charge >= 0.3 is 0 Å². The monoisotopic (exact) mass is 285 g/mol. The Morgan fingerprint density at radius 3 is 2.38 bits per heavy atom. The quantitative estimate of drug-likeness (QED) is 0.810. The number of hydrogen-bond donors (Lipinski definition) is 1. The molecule has 0 saturated heterocycles. The predicted octanol–water partition coefficient (Wildman–Crippen LogP) is 5.11. The maximum Gasteiger partial charge on any atom is 0.0294 e. The van der Waals surface area contributed by atoms with E-state index in [4.69, 9.17) is 0 Å². The Labute approximate surface area is 130 Å². The third-order valence-corrected chi connectivity index (χ3v) is 6.57. The second-order valence-electron chi connectivity index (χ2n) is 8.33. The molecule has 1 nitrogen and oxygen atoms in total. The average molecular weight is 285 g/mol. The van der Waals surface area contributed by atoms with Crippen LogP contribution < -0.4 is 5.32 Å². The highest BCUT2D eigenvalue weighted by Gasteiger charge is 2.59. The van der Waals surface area contributed by atoms with Crippen molar-refractivity contribution in [3.05, 3.63) is 35.4 Å². The Bertz CT molecular complexity index is 496. The Morgan fingerprint density at radius 1 is 1.19 bits per heavy atom. The molecule has 0 amide bonds. The van der Waals surface area contributed by atoms with E-state index < -0.39 is 0 Å². The van der Waals surface area contributed by atoms with Gasteiger partial charge in [0, 0.05) is 12.1 Å². The second kappa shape index (κ2) is 5.12. The van der Waals surface area contributed by atoms with E-state index in [1.165, 1.54) is 30.4 Å². The molecule has 116 valence electrons. The zero-order chi connectivity index (χ0) is 15.3. The van der Waals surface area contributed by atoms with Crippen LogP contribution in [0.5, 0.6) is 0 Å².